The van der Waals surface area contributed by atoms with Crippen LogP contribution in [0.1, 0.15) is 325 Å². The minimum Gasteiger partial charge on any atom is -0.462 e. The van der Waals surface area contributed by atoms with Crippen LogP contribution in [0.25, 0.3) is 0 Å². The number of unbranched alkanes of at least 4 members (excludes halogenated alkanes) is 31. The van der Waals surface area contributed by atoms with Gasteiger partial charge < -0.3 is 33.8 Å². The smallest absolute Gasteiger partial charge is 0.462 e. The van der Waals surface area contributed by atoms with Crippen LogP contribution in [0.15, 0.2) is 0 Å². The summed E-state index contributed by atoms with van der Waals surface area (Å²) >= 11 is 0. The quantitative estimate of drug-likeness (QED) is 0.0222. The van der Waals surface area contributed by atoms with Crippen molar-refractivity contribution in [3.05, 3.63) is 0 Å². The lowest BCUT2D eigenvalue weighted by Gasteiger charge is -2.21. The van der Waals surface area contributed by atoms with E-state index < -0.39 is 97.5 Å². The zero-order valence-electron chi connectivity index (χ0n) is 55.1. The minimum absolute atomic E-state index is 0.102. The Morgan fingerprint density at radius 2 is 0.600 bits per heavy atom. The molecule has 19 heteroatoms. The molecule has 85 heavy (non-hydrogen) atoms. The molecule has 17 nitrogen and oxygen atoms in total. The molecule has 0 aliphatic heterocycles. The molecule has 0 rings (SSSR count). The number of esters is 4. The third-order valence-electron chi connectivity index (χ3n) is 15.5. The number of carbonyl (C=O) groups excluding carboxylic acids is 4. The van der Waals surface area contributed by atoms with Gasteiger partial charge in [-0.3, -0.25) is 37.3 Å². The van der Waals surface area contributed by atoms with Crippen LogP contribution in [0.4, 0.5) is 0 Å². The van der Waals surface area contributed by atoms with Gasteiger partial charge in [0.25, 0.3) is 0 Å². The first-order valence-corrected chi connectivity index (χ1v) is 37.4. The molecule has 0 spiro atoms. The molecule has 0 amide bonds. The zero-order chi connectivity index (χ0) is 63.1. The number of ether oxygens (including phenoxy) is 4. The fourth-order valence-electron chi connectivity index (χ4n) is 9.80. The molecule has 0 aliphatic carbocycles. The molecular weight excluding hydrogens is 1130 g/mol. The normalized spacial score (nSPS) is 14.6. The fourth-order valence-corrected chi connectivity index (χ4v) is 11.4. The molecule has 0 aliphatic rings. The number of carbonyl (C=O) groups is 4. The van der Waals surface area contributed by atoms with Gasteiger partial charge in [-0.2, -0.15) is 0 Å². The Hall–Kier alpha value is -1.94. The maximum Gasteiger partial charge on any atom is 0.472 e. The lowest BCUT2D eigenvalue weighted by atomic mass is 9.99. The Bertz CT molecular complexity index is 1680. The molecule has 0 aromatic heterocycles. The highest BCUT2D eigenvalue weighted by Gasteiger charge is 2.30. The van der Waals surface area contributed by atoms with Crippen LogP contribution in [-0.2, 0) is 65.4 Å². The summed E-state index contributed by atoms with van der Waals surface area (Å²) in [5.41, 5.74) is 0. The number of hydrogen-bond acceptors (Lipinski definition) is 15. The second-order valence-corrected chi connectivity index (χ2v) is 28.0. The van der Waals surface area contributed by atoms with Gasteiger partial charge in [-0.25, -0.2) is 9.13 Å². The first kappa shape index (κ1) is 83.1. The van der Waals surface area contributed by atoms with E-state index in [1.54, 1.807) is 0 Å². The van der Waals surface area contributed by atoms with Crippen LogP contribution in [-0.4, -0.2) is 96.7 Å². The molecule has 0 saturated carbocycles. The van der Waals surface area contributed by atoms with Crippen molar-refractivity contribution in [1.82, 2.24) is 0 Å². The molecule has 6 atom stereocenters. The lowest BCUT2D eigenvalue weighted by Crippen LogP contribution is -2.30. The monoisotopic (exact) mass is 1250 g/mol. The topological polar surface area (TPSA) is 237 Å². The zero-order valence-corrected chi connectivity index (χ0v) is 56.9. The summed E-state index contributed by atoms with van der Waals surface area (Å²) in [4.78, 5) is 72.3. The molecule has 0 radical (unpaired) electrons. The van der Waals surface area contributed by atoms with Gasteiger partial charge >= 0.3 is 39.5 Å². The Morgan fingerprint density at radius 3 is 0.894 bits per heavy atom. The van der Waals surface area contributed by atoms with E-state index in [-0.39, 0.29) is 25.7 Å². The van der Waals surface area contributed by atoms with Crippen LogP contribution in [0.2, 0.25) is 0 Å². The molecular formula is C66H128O17P2. The summed E-state index contributed by atoms with van der Waals surface area (Å²) in [5, 5.41) is 10.5. The van der Waals surface area contributed by atoms with Gasteiger partial charge in [0.1, 0.15) is 19.3 Å². The molecule has 504 valence electrons. The third kappa shape index (κ3) is 59.5. The highest BCUT2D eigenvalue weighted by molar-refractivity contribution is 7.47. The Labute approximate surface area is 517 Å². The van der Waals surface area contributed by atoms with Gasteiger partial charge in [0, 0.05) is 25.7 Å². The van der Waals surface area contributed by atoms with E-state index in [0.717, 1.165) is 102 Å². The number of phosphoric acid groups is 2. The van der Waals surface area contributed by atoms with Gasteiger partial charge in [0.2, 0.25) is 0 Å². The first-order chi connectivity index (χ1) is 40.8. The van der Waals surface area contributed by atoms with Crippen LogP contribution < -0.4 is 0 Å². The molecule has 3 N–H and O–H groups in total. The standard InChI is InChI=1S/C66H128O17P2/c1-8-10-11-12-13-18-25-33-40-47-63(68)76-54-62(83-66(71)50-43-36-29-28-31-38-45-58(5)6)56-81-85(74,75)79-52-60(67)51-78-84(72,73)80-55-61(53-77-64(69)48-41-34-26-22-21-24-32-39-46-59(7)9-2)82-65(70)49-42-35-27-20-17-15-14-16-19-23-30-37-44-57(3)4/h57-62,67H,8-56H2,1-7H3,(H,72,73)(H,74,75)/t59?,60-,61-,62-/m1/s1. The summed E-state index contributed by atoms with van der Waals surface area (Å²) in [6, 6.07) is 0. The minimum atomic E-state index is -4.95. The fraction of sp³-hybridized carbons (Fsp3) is 0.939. The van der Waals surface area contributed by atoms with Gasteiger partial charge in [-0.05, 0) is 43.4 Å². The summed E-state index contributed by atoms with van der Waals surface area (Å²) in [7, 11) is -9.89. The molecule has 0 fully saturated rings. The van der Waals surface area contributed by atoms with Gasteiger partial charge in [-0.15, -0.1) is 0 Å². The summed E-state index contributed by atoms with van der Waals surface area (Å²) in [5.74, 6) is 0.0864. The lowest BCUT2D eigenvalue weighted by molar-refractivity contribution is -0.161. The van der Waals surface area contributed by atoms with Crippen molar-refractivity contribution in [2.24, 2.45) is 17.8 Å². The molecule has 0 bridgehead atoms. The summed E-state index contributed by atoms with van der Waals surface area (Å²) in [6.07, 6.45) is 39.0. The molecule has 0 saturated heterocycles. The second kappa shape index (κ2) is 57.2. The predicted octanol–water partition coefficient (Wildman–Crippen LogP) is 18.3. The molecule has 3 unspecified atom stereocenters. The molecule has 0 aromatic rings. The average molecular weight is 1260 g/mol. The highest BCUT2D eigenvalue weighted by Crippen LogP contribution is 2.45. The van der Waals surface area contributed by atoms with Gasteiger partial charge in [-0.1, -0.05) is 273 Å². The maximum absolute atomic E-state index is 13.0. The van der Waals surface area contributed by atoms with E-state index >= 15 is 0 Å². The highest BCUT2D eigenvalue weighted by atomic mass is 31.2. The Balaban J connectivity index is 5.24. The van der Waals surface area contributed by atoms with E-state index in [9.17, 15) is 43.2 Å². The average Bonchev–Trinajstić information content (AvgIpc) is 3.65. The third-order valence-corrected chi connectivity index (χ3v) is 17.4. The Kier molecular flexibility index (Phi) is 55.9. The SMILES string of the molecule is CCCCCCCCCCCC(=O)OC[C@H](COP(=O)(O)OC[C@H](O)COP(=O)(O)OC[C@@H](COC(=O)CCCCCCCCCCC(C)CC)OC(=O)CCCCCCCCCCCCCCC(C)C)OC(=O)CCCCCCCCC(C)C. The van der Waals surface area contributed by atoms with Crippen molar-refractivity contribution in [2.75, 3.05) is 39.6 Å². The maximum atomic E-state index is 13.0. The van der Waals surface area contributed by atoms with Crippen molar-refractivity contribution in [3.8, 4) is 0 Å². The number of aliphatic hydroxyl groups excluding tert-OH is 1. The second-order valence-electron chi connectivity index (χ2n) is 25.1. The van der Waals surface area contributed by atoms with E-state index in [2.05, 4.69) is 48.5 Å². The van der Waals surface area contributed by atoms with Gasteiger partial charge in [0.05, 0.1) is 26.4 Å². The van der Waals surface area contributed by atoms with Crippen molar-refractivity contribution in [3.63, 3.8) is 0 Å². The largest absolute Gasteiger partial charge is 0.472 e. The van der Waals surface area contributed by atoms with E-state index in [0.29, 0.717) is 31.6 Å². The van der Waals surface area contributed by atoms with Crippen molar-refractivity contribution < 1.29 is 80.2 Å². The number of phosphoric ester groups is 2. The van der Waals surface area contributed by atoms with E-state index in [1.807, 2.05) is 0 Å². The number of rotatable bonds is 64. The molecule has 0 aromatic carbocycles. The predicted molar refractivity (Wildman–Crippen MR) is 340 cm³/mol. The van der Waals surface area contributed by atoms with E-state index in [4.69, 9.17) is 37.0 Å². The van der Waals surface area contributed by atoms with Crippen molar-refractivity contribution in [1.29, 1.82) is 0 Å². The number of hydrogen-bond donors (Lipinski definition) is 3. The van der Waals surface area contributed by atoms with Crippen LogP contribution in [0, 0.1) is 17.8 Å². The Morgan fingerprint density at radius 1 is 0.341 bits per heavy atom. The van der Waals surface area contributed by atoms with Crippen LogP contribution in [0.5, 0.6) is 0 Å². The van der Waals surface area contributed by atoms with Crippen LogP contribution >= 0.6 is 15.6 Å². The van der Waals surface area contributed by atoms with E-state index in [1.165, 1.54) is 135 Å². The van der Waals surface area contributed by atoms with Crippen molar-refractivity contribution in [2.45, 2.75) is 343 Å². The first-order valence-electron chi connectivity index (χ1n) is 34.4. The van der Waals surface area contributed by atoms with Crippen LogP contribution in [0.3, 0.4) is 0 Å². The number of aliphatic hydroxyl groups is 1. The van der Waals surface area contributed by atoms with Gasteiger partial charge in [0.15, 0.2) is 12.2 Å². The van der Waals surface area contributed by atoms with Crippen molar-refractivity contribution >= 4 is 39.5 Å². The molecule has 0 heterocycles. The summed E-state index contributed by atoms with van der Waals surface area (Å²) < 4.78 is 68.0. The summed E-state index contributed by atoms with van der Waals surface area (Å²) in [6.45, 7) is 11.7.